The Kier molecular flexibility index (Phi) is 5.49. The lowest BCUT2D eigenvalue weighted by atomic mass is 9.93. The average molecular weight is 459 g/mol. The average Bonchev–Trinajstić information content (AvgIpc) is 3.54. The van der Waals surface area contributed by atoms with Gasteiger partial charge in [-0.3, -0.25) is 0 Å². The number of fused-ring (bicyclic) bond motifs is 2. The number of nitrogens with zero attached hydrogens (tertiary/aromatic N) is 7. The summed E-state index contributed by atoms with van der Waals surface area (Å²) in [4.78, 5) is 21.7. The maximum atomic E-state index is 5.55. The molecule has 2 aliphatic rings. The minimum atomic E-state index is 0.339. The van der Waals surface area contributed by atoms with Crippen LogP contribution in [0.5, 0.6) is 0 Å². The van der Waals surface area contributed by atoms with E-state index in [2.05, 4.69) is 10.2 Å². The molecule has 1 aliphatic heterocycles. The van der Waals surface area contributed by atoms with Crippen LogP contribution in [-0.4, -0.2) is 61.9 Å². The Labute approximate surface area is 198 Å². The minimum absolute atomic E-state index is 0.339. The number of para-hydroxylation sites is 2. The molecule has 0 atom stereocenters. The number of aryl methyl sites for hydroxylation is 1. The van der Waals surface area contributed by atoms with E-state index in [0.29, 0.717) is 12.1 Å². The van der Waals surface area contributed by atoms with Crippen molar-refractivity contribution in [3.8, 4) is 11.4 Å². The Hall–Kier alpha value is -3.33. The van der Waals surface area contributed by atoms with Gasteiger partial charge in [0.2, 0.25) is 11.9 Å². The first kappa shape index (κ1) is 21.2. The maximum Gasteiger partial charge on any atom is 0.230 e. The molecule has 1 aliphatic carbocycles. The topological polar surface area (TPSA) is 93.4 Å². The summed E-state index contributed by atoms with van der Waals surface area (Å²) in [6.45, 7) is 3.96. The van der Waals surface area contributed by atoms with Crippen molar-refractivity contribution in [3.63, 3.8) is 0 Å². The lowest BCUT2D eigenvalue weighted by molar-refractivity contribution is 0.0681. The number of benzene rings is 1. The lowest BCUT2D eigenvalue weighted by Gasteiger charge is -2.28. The van der Waals surface area contributed by atoms with Crippen molar-refractivity contribution >= 4 is 28.6 Å². The second kappa shape index (κ2) is 8.79. The van der Waals surface area contributed by atoms with Gasteiger partial charge in [-0.05, 0) is 57.6 Å². The smallest absolute Gasteiger partial charge is 0.230 e. The summed E-state index contributed by atoms with van der Waals surface area (Å²) in [6.07, 6.45) is 6.91. The molecule has 4 heterocycles. The van der Waals surface area contributed by atoms with Crippen molar-refractivity contribution in [2.24, 2.45) is 0 Å². The number of rotatable bonds is 5. The number of ether oxygens (including phenoxy) is 1. The van der Waals surface area contributed by atoms with Gasteiger partial charge >= 0.3 is 0 Å². The van der Waals surface area contributed by atoms with Gasteiger partial charge in [0.05, 0.1) is 22.8 Å². The molecular formula is C25H30N8O. The second-order valence-corrected chi connectivity index (χ2v) is 9.34. The van der Waals surface area contributed by atoms with Crippen LogP contribution in [0.1, 0.15) is 44.2 Å². The summed E-state index contributed by atoms with van der Waals surface area (Å²) in [5.74, 6) is 1.51. The van der Waals surface area contributed by atoms with E-state index in [-0.39, 0.29) is 0 Å². The van der Waals surface area contributed by atoms with E-state index in [1.165, 1.54) is 12.8 Å². The van der Waals surface area contributed by atoms with Crippen molar-refractivity contribution in [1.29, 1.82) is 0 Å². The molecule has 0 bridgehead atoms. The first-order chi connectivity index (χ1) is 16.7. The van der Waals surface area contributed by atoms with Crippen LogP contribution >= 0.6 is 0 Å². The van der Waals surface area contributed by atoms with E-state index in [1.807, 2.05) is 41.8 Å². The van der Waals surface area contributed by atoms with Crippen LogP contribution in [0.2, 0.25) is 0 Å². The molecule has 1 N–H and O–H groups in total. The van der Waals surface area contributed by atoms with Gasteiger partial charge in [-0.25, -0.2) is 9.97 Å². The van der Waals surface area contributed by atoms with E-state index in [9.17, 15) is 0 Å². The van der Waals surface area contributed by atoms with Gasteiger partial charge in [-0.15, -0.1) is 0 Å². The number of nitrogens with one attached hydrogen (secondary N) is 1. The number of anilines is 2. The van der Waals surface area contributed by atoms with Crippen molar-refractivity contribution < 1.29 is 4.74 Å². The highest BCUT2D eigenvalue weighted by molar-refractivity contribution is 5.78. The van der Waals surface area contributed by atoms with Crippen molar-refractivity contribution in [3.05, 3.63) is 36.0 Å². The predicted molar refractivity (Wildman–Crippen MR) is 132 cm³/mol. The quantitative estimate of drug-likeness (QED) is 0.479. The molecule has 9 nitrogen and oxygen atoms in total. The molecule has 0 amide bonds. The highest BCUT2D eigenvalue weighted by Gasteiger charge is 2.24. The van der Waals surface area contributed by atoms with E-state index in [0.717, 1.165) is 84.4 Å². The lowest BCUT2D eigenvalue weighted by Crippen LogP contribution is -2.31. The highest BCUT2D eigenvalue weighted by atomic mass is 16.5. The first-order valence-electron chi connectivity index (χ1n) is 12.2. The summed E-state index contributed by atoms with van der Waals surface area (Å²) in [5, 5.41) is 8.57. The van der Waals surface area contributed by atoms with Crippen LogP contribution in [0, 0.1) is 6.92 Å². The zero-order valence-corrected chi connectivity index (χ0v) is 19.7. The van der Waals surface area contributed by atoms with Gasteiger partial charge in [0.25, 0.3) is 0 Å². The third kappa shape index (κ3) is 3.94. The molecule has 6 rings (SSSR count). The molecule has 9 heteroatoms. The SMILES string of the molecule is COC1CCC(Nc2nc(N3CCCC3)nc3cc(-c4nc5ccccc5nc4C)nn23)CC1. The fourth-order valence-corrected chi connectivity index (χ4v) is 5.10. The van der Waals surface area contributed by atoms with Gasteiger partial charge in [-0.1, -0.05) is 12.1 Å². The number of methoxy groups -OCH3 is 1. The van der Waals surface area contributed by atoms with Crippen molar-refractivity contribution in [1.82, 2.24) is 29.5 Å². The minimum Gasteiger partial charge on any atom is -0.381 e. The normalized spacial score (nSPS) is 20.9. The van der Waals surface area contributed by atoms with Gasteiger partial charge in [0, 0.05) is 32.3 Å². The standard InChI is InChI=1S/C25H30N8O/c1-16-23(28-20-8-4-3-7-19(20)26-16)21-15-22-29-24(32-13-5-6-14-32)30-25(33(22)31-21)27-17-9-11-18(34-2)12-10-17/h3-4,7-8,15,17-18H,5-6,9-14H2,1-2H3,(H,27,29,30). The van der Waals surface area contributed by atoms with Gasteiger partial charge in [0.1, 0.15) is 11.4 Å². The first-order valence-corrected chi connectivity index (χ1v) is 12.2. The number of hydrogen-bond acceptors (Lipinski definition) is 8. The third-order valence-corrected chi connectivity index (χ3v) is 7.03. The summed E-state index contributed by atoms with van der Waals surface area (Å²) in [6, 6.07) is 10.3. The molecule has 0 unspecified atom stereocenters. The van der Waals surface area contributed by atoms with Crippen LogP contribution in [0.25, 0.3) is 28.1 Å². The summed E-state index contributed by atoms with van der Waals surface area (Å²) < 4.78 is 7.38. The van der Waals surface area contributed by atoms with E-state index < -0.39 is 0 Å². The van der Waals surface area contributed by atoms with Crippen LogP contribution in [0.4, 0.5) is 11.9 Å². The molecule has 2 fully saturated rings. The fraction of sp³-hybridized carbons (Fsp3) is 0.480. The molecule has 1 saturated carbocycles. The Morgan fingerprint density at radius 3 is 2.41 bits per heavy atom. The molecule has 176 valence electrons. The molecule has 34 heavy (non-hydrogen) atoms. The van der Waals surface area contributed by atoms with Gasteiger partial charge < -0.3 is 15.0 Å². The maximum absolute atomic E-state index is 5.55. The summed E-state index contributed by atoms with van der Waals surface area (Å²) in [7, 11) is 1.80. The molecule has 1 saturated heterocycles. The Bertz CT molecular complexity index is 1320. The van der Waals surface area contributed by atoms with Crippen molar-refractivity contribution in [2.75, 3.05) is 30.4 Å². The zero-order valence-electron chi connectivity index (χ0n) is 19.7. The Morgan fingerprint density at radius 1 is 0.941 bits per heavy atom. The summed E-state index contributed by atoms with van der Waals surface area (Å²) >= 11 is 0. The molecule has 3 aromatic heterocycles. The van der Waals surface area contributed by atoms with Crippen LogP contribution < -0.4 is 10.2 Å². The van der Waals surface area contributed by atoms with Crippen LogP contribution in [-0.2, 0) is 4.74 Å². The predicted octanol–water partition coefficient (Wildman–Crippen LogP) is 4.01. The fourth-order valence-electron chi connectivity index (χ4n) is 5.10. The van der Waals surface area contributed by atoms with Crippen LogP contribution in [0.3, 0.4) is 0 Å². The van der Waals surface area contributed by atoms with Crippen LogP contribution in [0.15, 0.2) is 30.3 Å². The Morgan fingerprint density at radius 2 is 1.68 bits per heavy atom. The number of hydrogen-bond donors (Lipinski definition) is 1. The summed E-state index contributed by atoms with van der Waals surface area (Å²) in [5.41, 5.74) is 4.90. The monoisotopic (exact) mass is 458 g/mol. The molecule has 0 spiro atoms. The molecular weight excluding hydrogens is 428 g/mol. The van der Waals surface area contributed by atoms with E-state index >= 15 is 0 Å². The van der Waals surface area contributed by atoms with E-state index in [4.69, 9.17) is 29.8 Å². The molecule has 4 aromatic rings. The molecule has 0 radical (unpaired) electrons. The second-order valence-electron chi connectivity index (χ2n) is 9.34. The van der Waals surface area contributed by atoms with Gasteiger partial charge in [0.15, 0.2) is 5.65 Å². The largest absolute Gasteiger partial charge is 0.381 e. The van der Waals surface area contributed by atoms with E-state index in [1.54, 1.807) is 7.11 Å². The van der Waals surface area contributed by atoms with Gasteiger partial charge in [-0.2, -0.15) is 19.6 Å². The third-order valence-electron chi connectivity index (χ3n) is 7.03. The van der Waals surface area contributed by atoms with Crippen molar-refractivity contribution in [2.45, 2.75) is 57.6 Å². The molecule has 1 aromatic carbocycles. The zero-order chi connectivity index (χ0) is 23.1. The Balaban J connectivity index is 1.41. The number of aromatic nitrogens is 6. The highest BCUT2D eigenvalue weighted by Crippen LogP contribution is 2.28.